The van der Waals surface area contributed by atoms with Gasteiger partial charge in [-0.05, 0) is 5.56 Å². The van der Waals surface area contributed by atoms with Gasteiger partial charge in [0.15, 0.2) is 11.6 Å². The summed E-state index contributed by atoms with van der Waals surface area (Å²) in [6, 6.07) is 28.2. The van der Waals surface area contributed by atoms with Crippen molar-refractivity contribution >= 4 is 17.6 Å². The van der Waals surface area contributed by atoms with Crippen LogP contribution in [0.1, 0.15) is 26.3 Å². The molecule has 0 saturated carbocycles. The maximum Gasteiger partial charge on any atom is 0.177 e. The van der Waals surface area contributed by atoms with E-state index in [9.17, 15) is 9.59 Å². The zero-order valence-electron chi connectivity index (χ0n) is 16.5. The lowest BCUT2D eigenvalue weighted by Crippen LogP contribution is -2.40. The van der Waals surface area contributed by atoms with Crippen LogP contribution in [0.15, 0.2) is 121 Å². The predicted octanol–water partition coefficient (Wildman–Crippen LogP) is 6.19. The van der Waals surface area contributed by atoms with E-state index in [1.165, 1.54) is 0 Å². The Bertz CT molecular complexity index is 1110. The van der Waals surface area contributed by atoms with E-state index in [-0.39, 0.29) is 11.6 Å². The summed E-state index contributed by atoms with van der Waals surface area (Å²) < 4.78 is 0. The third-order valence-electron chi connectivity index (χ3n) is 5.42. The molecule has 0 radical (unpaired) electrons. The van der Waals surface area contributed by atoms with Crippen molar-refractivity contribution in [1.82, 2.24) is 0 Å². The van der Waals surface area contributed by atoms with Gasteiger partial charge in [0, 0.05) is 11.1 Å². The number of benzene rings is 3. The van der Waals surface area contributed by atoms with Gasteiger partial charge in [-0.15, -0.1) is 0 Å². The summed E-state index contributed by atoms with van der Waals surface area (Å²) in [5, 5.41) is 0. The molecule has 0 spiro atoms. The smallest absolute Gasteiger partial charge is 0.177 e. The molecule has 4 rings (SSSR count). The molecule has 0 amide bonds. The van der Waals surface area contributed by atoms with Crippen molar-refractivity contribution in [3.8, 4) is 0 Å². The monoisotopic (exact) mass is 390 g/mol. The van der Waals surface area contributed by atoms with E-state index >= 15 is 0 Å². The third kappa shape index (κ3) is 3.85. The Labute approximate surface area is 176 Å². The SMILES string of the molecule is O=C(c1ccccc1)C1C=CC=CC1(/C=C\c1ccccc1)C(=O)c1ccccc1. The van der Waals surface area contributed by atoms with Crippen LogP contribution in [0, 0.1) is 11.3 Å². The van der Waals surface area contributed by atoms with Crippen LogP contribution in [0.4, 0.5) is 0 Å². The molecule has 2 nitrogen and oxygen atoms in total. The number of hydrogen-bond acceptors (Lipinski definition) is 2. The highest BCUT2D eigenvalue weighted by molar-refractivity contribution is 6.10. The molecule has 0 fully saturated rings. The first kappa shape index (κ1) is 19.5. The van der Waals surface area contributed by atoms with Crippen molar-refractivity contribution in [1.29, 1.82) is 0 Å². The van der Waals surface area contributed by atoms with Gasteiger partial charge in [-0.1, -0.05) is 127 Å². The lowest BCUT2D eigenvalue weighted by Gasteiger charge is -2.34. The highest BCUT2D eigenvalue weighted by Gasteiger charge is 2.45. The van der Waals surface area contributed by atoms with Crippen molar-refractivity contribution in [2.75, 3.05) is 0 Å². The van der Waals surface area contributed by atoms with E-state index in [0.717, 1.165) is 5.56 Å². The lowest BCUT2D eigenvalue weighted by atomic mass is 9.65. The van der Waals surface area contributed by atoms with Crippen molar-refractivity contribution in [3.63, 3.8) is 0 Å². The quantitative estimate of drug-likeness (QED) is 0.470. The molecule has 0 saturated heterocycles. The molecule has 0 aromatic heterocycles. The molecule has 1 aliphatic carbocycles. The molecular formula is C28H22O2. The molecule has 146 valence electrons. The number of carbonyl (C=O) groups is 2. The molecule has 2 atom stereocenters. The summed E-state index contributed by atoms with van der Waals surface area (Å²) in [6.07, 6.45) is 11.2. The Morgan fingerprint density at radius 2 is 1.27 bits per heavy atom. The Morgan fingerprint density at radius 1 is 0.700 bits per heavy atom. The Hall–Kier alpha value is -3.78. The first-order chi connectivity index (χ1) is 14.7. The van der Waals surface area contributed by atoms with Crippen LogP contribution < -0.4 is 0 Å². The predicted molar refractivity (Wildman–Crippen MR) is 121 cm³/mol. The molecule has 3 aromatic rings. The highest BCUT2D eigenvalue weighted by Crippen LogP contribution is 2.41. The summed E-state index contributed by atoms with van der Waals surface area (Å²) in [4.78, 5) is 27.3. The van der Waals surface area contributed by atoms with Gasteiger partial charge in [0.05, 0.1) is 11.3 Å². The molecule has 2 heteroatoms. The number of Topliss-reactive ketones (excluding diaryl/α,β-unsaturated/α-hetero) is 2. The second-order valence-corrected chi connectivity index (χ2v) is 7.32. The fraction of sp³-hybridized carbons (Fsp3) is 0.0714. The van der Waals surface area contributed by atoms with Crippen molar-refractivity contribution in [2.45, 2.75) is 0 Å². The first-order valence-corrected chi connectivity index (χ1v) is 10.0. The average molecular weight is 390 g/mol. The van der Waals surface area contributed by atoms with Crippen LogP contribution in [0.5, 0.6) is 0 Å². The molecule has 3 aromatic carbocycles. The molecule has 0 aliphatic heterocycles. The highest BCUT2D eigenvalue weighted by atomic mass is 16.1. The van der Waals surface area contributed by atoms with Gasteiger partial charge in [0.2, 0.25) is 0 Å². The van der Waals surface area contributed by atoms with Gasteiger partial charge in [-0.3, -0.25) is 9.59 Å². The van der Waals surface area contributed by atoms with Crippen molar-refractivity contribution < 1.29 is 9.59 Å². The summed E-state index contributed by atoms with van der Waals surface area (Å²) in [5.74, 6) is -0.791. The van der Waals surface area contributed by atoms with Gasteiger partial charge in [0.1, 0.15) is 0 Å². The largest absolute Gasteiger partial charge is 0.293 e. The summed E-state index contributed by atoms with van der Waals surface area (Å²) in [7, 11) is 0. The van der Waals surface area contributed by atoms with Crippen molar-refractivity contribution in [2.24, 2.45) is 11.3 Å². The maximum absolute atomic E-state index is 13.8. The minimum Gasteiger partial charge on any atom is -0.293 e. The Balaban J connectivity index is 1.83. The summed E-state index contributed by atoms with van der Waals surface area (Å²) in [5.41, 5.74) is 1.06. The Kier molecular flexibility index (Phi) is 5.67. The van der Waals surface area contributed by atoms with Gasteiger partial charge in [-0.2, -0.15) is 0 Å². The lowest BCUT2D eigenvalue weighted by molar-refractivity contribution is 0.0768. The fourth-order valence-corrected chi connectivity index (χ4v) is 3.83. The standard InChI is InChI=1S/C28H22O2/c29-26(23-14-6-2-7-15-23)25-18-10-11-20-28(25,21-19-22-12-4-1-5-13-22)27(30)24-16-8-3-9-17-24/h1-21,25H/b21-19-. The fourth-order valence-electron chi connectivity index (χ4n) is 3.83. The van der Waals surface area contributed by atoms with Crippen LogP contribution in [-0.2, 0) is 0 Å². The molecule has 0 N–H and O–H groups in total. The number of rotatable bonds is 6. The summed E-state index contributed by atoms with van der Waals surface area (Å²) >= 11 is 0. The van der Waals surface area contributed by atoms with E-state index in [2.05, 4.69) is 0 Å². The number of carbonyl (C=O) groups excluding carboxylic acids is 2. The number of allylic oxidation sites excluding steroid dienone is 5. The minimum absolute atomic E-state index is 0.0711. The minimum atomic E-state index is -1.10. The Morgan fingerprint density at radius 3 is 1.90 bits per heavy atom. The third-order valence-corrected chi connectivity index (χ3v) is 5.42. The van der Waals surface area contributed by atoms with Gasteiger partial charge in [-0.25, -0.2) is 0 Å². The number of hydrogen-bond donors (Lipinski definition) is 0. The van der Waals surface area contributed by atoms with Crippen LogP contribution in [0.25, 0.3) is 6.08 Å². The number of ketones is 2. The molecule has 30 heavy (non-hydrogen) atoms. The topological polar surface area (TPSA) is 34.1 Å². The van der Waals surface area contributed by atoms with Gasteiger partial charge in [0.25, 0.3) is 0 Å². The molecule has 0 heterocycles. The van der Waals surface area contributed by atoms with E-state index < -0.39 is 11.3 Å². The van der Waals surface area contributed by atoms with Crippen LogP contribution in [0.3, 0.4) is 0 Å². The zero-order valence-corrected chi connectivity index (χ0v) is 16.5. The molecule has 2 unspecified atom stereocenters. The van der Waals surface area contributed by atoms with E-state index in [1.807, 2.05) is 103 Å². The van der Waals surface area contributed by atoms with E-state index in [4.69, 9.17) is 0 Å². The molecular weight excluding hydrogens is 368 g/mol. The normalized spacial score (nSPS) is 20.3. The average Bonchev–Trinajstić information content (AvgIpc) is 2.84. The molecule has 1 aliphatic rings. The first-order valence-electron chi connectivity index (χ1n) is 10.0. The van der Waals surface area contributed by atoms with Gasteiger partial charge < -0.3 is 0 Å². The maximum atomic E-state index is 13.8. The van der Waals surface area contributed by atoms with E-state index in [0.29, 0.717) is 11.1 Å². The summed E-state index contributed by atoms with van der Waals surface area (Å²) in [6.45, 7) is 0. The van der Waals surface area contributed by atoms with Gasteiger partial charge >= 0.3 is 0 Å². The van der Waals surface area contributed by atoms with Crippen molar-refractivity contribution in [3.05, 3.63) is 138 Å². The second kappa shape index (κ2) is 8.71. The van der Waals surface area contributed by atoms with E-state index in [1.54, 1.807) is 24.3 Å². The van der Waals surface area contributed by atoms with Crippen LogP contribution in [-0.4, -0.2) is 11.6 Å². The second-order valence-electron chi connectivity index (χ2n) is 7.32. The zero-order chi connectivity index (χ0) is 20.8. The van der Waals surface area contributed by atoms with Crippen LogP contribution >= 0.6 is 0 Å². The molecule has 0 bridgehead atoms. The van der Waals surface area contributed by atoms with Crippen LogP contribution in [0.2, 0.25) is 0 Å².